The van der Waals surface area contributed by atoms with E-state index in [1.165, 1.54) is 0 Å². The van der Waals surface area contributed by atoms with E-state index in [4.69, 9.17) is 0 Å². The molecular formula is C8H13N. The Balaban J connectivity index is 3.90. The predicted molar refractivity (Wildman–Crippen MR) is 42.2 cm³/mol. The van der Waals surface area contributed by atoms with E-state index in [0.717, 1.165) is 5.70 Å². The van der Waals surface area contributed by atoms with E-state index in [0.29, 0.717) is 0 Å². The van der Waals surface area contributed by atoms with Crippen LogP contribution in [-0.4, -0.2) is 7.05 Å². The maximum atomic E-state index is 3.62. The first-order valence-electron chi connectivity index (χ1n) is 2.98. The standard InChI is InChI=1S/C8H13N/c1-4-6-7-8(5-2)9-3/h4-7,9H,2H2,1,3H3/b6-4+,8-7+. The molecule has 50 valence electrons. The molecule has 0 rings (SSSR count). The zero-order valence-corrected chi connectivity index (χ0v) is 6.02. The smallest absolute Gasteiger partial charge is 0.0331 e. The fourth-order valence-electron chi connectivity index (χ4n) is 0.453. The van der Waals surface area contributed by atoms with Gasteiger partial charge in [0.15, 0.2) is 0 Å². The van der Waals surface area contributed by atoms with E-state index in [-0.39, 0.29) is 0 Å². The molecule has 9 heavy (non-hydrogen) atoms. The second kappa shape index (κ2) is 5.16. The Morgan fingerprint density at radius 3 is 2.56 bits per heavy atom. The average molecular weight is 123 g/mol. The van der Waals surface area contributed by atoms with Crippen molar-refractivity contribution in [2.75, 3.05) is 7.05 Å². The molecule has 0 radical (unpaired) electrons. The quantitative estimate of drug-likeness (QED) is 0.565. The fraction of sp³-hybridized carbons (Fsp3) is 0.250. The summed E-state index contributed by atoms with van der Waals surface area (Å²) in [6, 6.07) is 0. The summed E-state index contributed by atoms with van der Waals surface area (Å²) >= 11 is 0. The van der Waals surface area contributed by atoms with Gasteiger partial charge in [-0.25, -0.2) is 0 Å². The normalized spacial score (nSPS) is 12.0. The molecule has 0 aromatic carbocycles. The van der Waals surface area contributed by atoms with Crippen LogP contribution in [0.3, 0.4) is 0 Å². The maximum Gasteiger partial charge on any atom is 0.0331 e. The lowest BCUT2D eigenvalue weighted by molar-refractivity contribution is 1.03. The van der Waals surface area contributed by atoms with Crippen molar-refractivity contribution >= 4 is 0 Å². The Kier molecular flexibility index (Phi) is 4.60. The fourth-order valence-corrected chi connectivity index (χ4v) is 0.453. The lowest BCUT2D eigenvalue weighted by atomic mass is 10.3. The molecule has 0 heterocycles. The summed E-state index contributed by atoms with van der Waals surface area (Å²) < 4.78 is 0. The van der Waals surface area contributed by atoms with Gasteiger partial charge in [0.05, 0.1) is 0 Å². The van der Waals surface area contributed by atoms with Gasteiger partial charge in [-0.05, 0) is 19.1 Å². The molecule has 0 amide bonds. The highest BCUT2D eigenvalue weighted by atomic mass is 14.8. The molecule has 0 aliphatic rings. The average Bonchev–Trinajstić information content (AvgIpc) is 1.91. The topological polar surface area (TPSA) is 12.0 Å². The van der Waals surface area contributed by atoms with E-state index in [1.807, 2.05) is 32.2 Å². The van der Waals surface area contributed by atoms with Crippen molar-refractivity contribution in [1.82, 2.24) is 5.32 Å². The molecule has 1 N–H and O–H groups in total. The van der Waals surface area contributed by atoms with Crippen molar-refractivity contribution in [3.8, 4) is 0 Å². The van der Waals surface area contributed by atoms with Crippen molar-refractivity contribution in [3.63, 3.8) is 0 Å². The molecule has 0 unspecified atom stereocenters. The summed E-state index contributed by atoms with van der Waals surface area (Å²) in [7, 11) is 1.87. The van der Waals surface area contributed by atoms with Gasteiger partial charge < -0.3 is 5.32 Å². The summed E-state index contributed by atoms with van der Waals surface area (Å²) in [5.74, 6) is 0. The third-order valence-electron chi connectivity index (χ3n) is 0.977. The molecule has 0 aliphatic heterocycles. The Hall–Kier alpha value is -0.980. The van der Waals surface area contributed by atoms with Crippen LogP contribution in [0.15, 0.2) is 36.6 Å². The first kappa shape index (κ1) is 8.02. The van der Waals surface area contributed by atoms with Gasteiger partial charge in [0.1, 0.15) is 0 Å². The minimum atomic E-state index is 1.04. The van der Waals surface area contributed by atoms with Crippen LogP contribution in [0, 0.1) is 0 Å². The summed E-state index contributed by atoms with van der Waals surface area (Å²) in [5.41, 5.74) is 1.04. The Labute approximate surface area is 56.8 Å². The predicted octanol–water partition coefficient (Wildman–Crippen LogP) is 1.85. The van der Waals surface area contributed by atoms with Crippen LogP contribution in [0.4, 0.5) is 0 Å². The second-order valence-corrected chi connectivity index (χ2v) is 1.60. The Bertz CT molecular complexity index is 132. The highest BCUT2D eigenvalue weighted by molar-refractivity contribution is 5.19. The number of allylic oxidation sites excluding steroid dienone is 4. The molecular weight excluding hydrogens is 110 g/mol. The van der Waals surface area contributed by atoms with Crippen LogP contribution >= 0.6 is 0 Å². The van der Waals surface area contributed by atoms with Crippen LogP contribution in [-0.2, 0) is 0 Å². The summed E-state index contributed by atoms with van der Waals surface area (Å²) in [6.07, 6.45) is 7.68. The van der Waals surface area contributed by atoms with Crippen molar-refractivity contribution in [1.29, 1.82) is 0 Å². The van der Waals surface area contributed by atoms with Gasteiger partial charge >= 0.3 is 0 Å². The van der Waals surface area contributed by atoms with Crippen molar-refractivity contribution < 1.29 is 0 Å². The monoisotopic (exact) mass is 123 g/mol. The molecule has 0 fully saturated rings. The molecule has 0 aromatic heterocycles. The number of nitrogens with one attached hydrogen (secondary N) is 1. The van der Waals surface area contributed by atoms with Crippen LogP contribution in [0.1, 0.15) is 6.92 Å². The SMILES string of the molecule is C=C/C(=C\C=C\C)NC. The summed E-state index contributed by atoms with van der Waals surface area (Å²) in [5, 5.41) is 2.98. The van der Waals surface area contributed by atoms with E-state index >= 15 is 0 Å². The number of likely N-dealkylation sites (N-methyl/N-ethyl adjacent to an activating group) is 1. The van der Waals surface area contributed by atoms with Crippen LogP contribution < -0.4 is 5.32 Å². The van der Waals surface area contributed by atoms with Crippen LogP contribution in [0.5, 0.6) is 0 Å². The van der Waals surface area contributed by atoms with E-state index in [9.17, 15) is 0 Å². The van der Waals surface area contributed by atoms with E-state index in [1.54, 1.807) is 6.08 Å². The Morgan fingerprint density at radius 1 is 1.56 bits per heavy atom. The van der Waals surface area contributed by atoms with Crippen molar-refractivity contribution in [2.45, 2.75) is 6.92 Å². The van der Waals surface area contributed by atoms with Crippen LogP contribution in [0.2, 0.25) is 0 Å². The van der Waals surface area contributed by atoms with Crippen molar-refractivity contribution in [2.24, 2.45) is 0 Å². The zero-order valence-electron chi connectivity index (χ0n) is 6.02. The van der Waals surface area contributed by atoms with Crippen molar-refractivity contribution in [3.05, 3.63) is 36.6 Å². The molecule has 1 nitrogen and oxygen atoms in total. The maximum absolute atomic E-state index is 3.62. The largest absolute Gasteiger partial charge is 0.388 e. The third kappa shape index (κ3) is 3.59. The molecule has 0 aliphatic carbocycles. The van der Waals surface area contributed by atoms with Gasteiger partial charge in [0.25, 0.3) is 0 Å². The minimum absolute atomic E-state index is 1.04. The van der Waals surface area contributed by atoms with Crippen LogP contribution in [0.25, 0.3) is 0 Å². The van der Waals surface area contributed by atoms with E-state index < -0.39 is 0 Å². The Morgan fingerprint density at radius 2 is 2.22 bits per heavy atom. The molecule has 0 spiro atoms. The summed E-state index contributed by atoms with van der Waals surface area (Å²) in [6.45, 7) is 5.60. The molecule has 0 bridgehead atoms. The van der Waals surface area contributed by atoms with Gasteiger partial charge in [-0.2, -0.15) is 0 Å². The first-order chi connectivity index (χ1) is 4.35. The summed E-state index contributed by atoms with van der Waals surface area (Å²) in [4.78, 5) is 0. The third-order valence-corrected chi connectivity index (χ3v) is 0.977. The van der Waals surface area contributed by atoms with Gasteiger partial charge in [-0.1, -0.05) is 18.7 Å². The number of hydrogen-bond acceptors (Lipinski definition) is 1. The second-order valence-electron chi connectivity index (χ2n) is 1.60. The molecule has 0 atom stereocenters. The minimum Gasteiger partial charge on any atom is -0.388 e. The lowest BCUT2D eigenvalue weighted by Gasteiger charge is -1.94. The highest BCUT2D eigenvalue weighted by Gasteiger charge is 1.77. The van der Waals surface area contributed by atoms with Gasteiger partial charge in [-0.3, -0.25) is 0 Å². The molecule has 0 aromatic rings. The lowest BCUT2D eigenvalue weighted by Crippen LogP contribution is -2.01. The molecule has 0 saturated carbocycles. The highest BCUT2D eigenvalue weighted by Crippen LogP contribution is 1.87. The zero-order chi connectivity index (χ0) is 7.11. The number of hydrogen-bond donors (Lipinski definition) is 1. The number of rotatable bonds is 3. The van der Waals surface area contributed by atoms with Gasteiger partial charge in [0.2, 0.25) is 0 Å². The first-order valence-corrected chi connectivity index (χ1v) is 2.98. The molecule has 1 heteroatoms. The van der Waals surface area contributed by atoms with E-state index in [2.05, 4.69) is 11.9 Å². The van der Waals surface area contributed by atoms with Gasteiger partial charge in [0, 0.05) is 12.7 Å². The van der Waals surface area contributed by atoms with Gasteiger partial charge in [-0.15, -0.1) is 0 Å². The molecule has 0 saturated heterocycles.